The van der Waals surface area contributed by atoms with Crippen molar-refractivity contribution < 1.29 is 13.2 Å². The first kappa shape index (κ1) is 19.2. The molecule has 0 radical (unpaired) electrons. The molecule has 152 valence electrons. The van der Waals surface area contributed by atoms with Gasteiger partial charge in [0.15, 0.2) is 0 Å². The molecule has 1 fully saturated rings. The van der Waals surface area contributed by atoms with Gasteiger partial charge in [-0.2, -0.15) is 18.2 Å². The van der Waals surface area contributed by atoms with Crippen molar-refractivity contribution in [2.45, 2.75) is 25.1 Å². The molecular weight excluding hydrogens is 385 g/mol. The van der Waals surface area contributed by atoms with Gasteiger partial charge in [-0.25, -0.2) is 4.98 Å². The van der Waals surface area contributed by atoms with E-state index in [4.69, 9.17) is 5.73 Å². The first-order chi connectivity index (χ1) is 13.8. The molecule has 1 aromatic carbocycles. The normalized spacial score (nSPS) is 15.7. The number of anilines is 3. The molecule has 0 unspecified atom stereocenters. The second-order valence-electron chi connectivity index (χ2n) is 6.97. The van der Waals surface area contributed by atoms with Gasteiger partial charge in [0.05, 0.1) is 11.1 Å². The lowest BCUT2D eigenvalue weighted by molar-refractivity contribution is -0.137. The number of H-pyrrole nitrogens is 1. The van der Waals surface area contributed by atoms with Gasteiger partial charge >= 0.3 is 6.18 Å². The topological polar surface area (TPSA) is 99.9 Å². The summed E-state index contributed by atoms with van der Waals surface area (Å²) in [6, 6.07) is 6.50. The molecule has 1 aliphatic heterocycles. The fourth-order valence-corrected chi connectivity index (χ4v) is 3.32. The van der Waals surface area contributed by atoms with Gasteiger partial charge in [-0.15, -0.1) is 0 Å². The molecule has 3 heterocycles. The van der Waals surface area contributed by atoms with E-state index >= 15 is 0 Å². The van der Waals surface area contributed by atoms with Crippen molar-refractivity contribution in [2.24, 2.45) is 5.73 Å². The summed E-state index contributed by atoms with van der Waals surface area (Å²) in [5.41, 5.74) is 5.31. The predicted octanol–water partition coefficient (Wildman–Crippen LogP) is 3.01. The summed E-state index contributed by atoms with van der Waals surface area (Å²) >= 11 is 0. The highest BCUT2D eigenvalue weighted by Gasteiger charge is 2.30. The van der Waals surface area contributed by atoms with E-state index in [2.05, 4.69) is 20.3 Å². The Morgan fingerprint density at radius 2 is 1.93 bits per heavy atom. The summed E-state index contributed by atoms with van der Waals surface area (Å²) in [5.74, 6) is 0.561. The van der Waals surface area contributed by atoms with Gasteiger partial charge in [0.25, 0.3) is 5.56 Å². The predicted molar refractivity (Wildman–Crippen MR) is 104 cm³/mol. The summed E-state index contributed by atoms with van der Waals surface area (Å²) in [4.78, 5) is 25.8. The second-order valence-corrected chi connectivity index (χ2v) is 6.97. The molecule has 0 atom stereocenters. The van der Waals surface area contributed by atoms with Crippen molar-refractivity contribution >= 4 is 28.4 Å². The van der Waals surface area contributed by atoms with Crippen molar-refractivity contribution in [3.8, 4) is 0 Å². The highest BCUT2D eigenvalue weighted by atomic mass is 19.4. The number of halogens is 3. The van der Waals surface area contributed by atoms with E-state index < -0.39 is 17.3 Å². The fraction of sp³-hybridized carbons (Fsp3) is 0.316. The largest absolute Gasteiger partial charge is 0.416 e. The molecule has 3 aromatic rings. The van der Waals surface area contributed by atoms with Crippen LogP contribution in [0.15, 0.2) is 41.3 Å². The van der Waals surface area contributed by atoms with Crippen LogP contribution in [-0.4, -0.2) is 34.1 Å². The van der Waals surface area contributed by atoms with E-state index in [9.17, 15) is 18.0 Å². The van der Waals surface area contributed by atoms with E-state index in [0.29, 0.717) is 24.6 Å². The molecule has 0 aliphatic carbocycles. The second kappa shape index (κ2) is 7.36. The number of hydrogen-bond donors (Lipinski definition) is 3. The van der Waals surface area contributed by atoms with Crippen LogP contribution in [0.1, 0.15) is 18.4 Å². The molecule has 7 nitrogen and oxygen atoms in total. The summed E-state index contributed by atoms with van der Waals surface area (Å²) in [6.45, 7) is 1.33. The maximum atomic E-state index is 13.0. The number of nitrogens with zero attached hydrogens (tertiary/aromatic N) is 3. The van der Waals surface area contributed by atoms with Crippen LogP contribution < -0.4 is 21.5 Å². The molecule has 1 saturated heterocycles. The van der Waals surface area contributed by atoms with Crippen molar-refractivity contribution in [3.63, 3.8) is 0 Å². The van der Waals surface area contributed by atoms with E-state index in [0.717, 1.165) is 25.0 Å². The number of piperidine rings is 1. The Hall–Kier alpha value is -3.14. The molecule has 0 saturated carbocycles. The summed E-state index contributed by atoms with van der Waals surface area (Å²) in [7, 11) is 0. The van der Waals surface area contributed by atoms with Crippen molar-refractivity contribution in [1.82, 2.24) is 15.0 Å². The number of aromatic nitrogens is 3. The molecule has 4 rings (SSSR count). The molecule has 10 heteroatoms. The number of rotatable bonds is 3. The SMILES string of the molecule is NC1CCN(c2nc(Nc3cccc(C(F)(F)F)c3)c3c(=O)[nH]ccc3n2)CC1. The zero-order valence-electron chi connectivity index (χ0n) is 15.3. The van der Waals surface area contributed by atoms with Crippen LogP contribution in [0.5, 0.6) is 0 Å². The molecule has 2 aromatic heterocycles. The van der Waals surface area contributed by atoms with Crippen LogP contribution in [0.3, 0.4) is 0 Å². The quantitative estimate of drug-likeness (QED) is 0.621. The van der Waals surface area contributed by atoms with Gasteiger partial charge in [0.1, 0.15) is 11.2 Å². The average molecular weight is 404 g/mol. The lowest BCUT2D eigenvalue weighted by Gasteiger charge is -2.30. The van der Waals surface area contributed by atoms with Gasteiger partial charge in [0, 0.05) is 31.0 Å². The summed E-state index contributed by atoms with van der Waals surface area (Å²) in [6.07, 6.45) is -1.43. The number of nitrogens with two attached hydrogens (primary N) is 1. The van der Waals surface area contributed by atoms with Crippen molar-refractivity contribution in [3.05, 3.63) is 52.4 Å². The number of hydrogen-bond acceptors (Lipinski definition) is 6. The van der Waals surface area contributed by atoms with Crippen LogP contribution >= 0.6 is 0 Å². The van der Waals surface area contributed by atoms with Crippen molar-refractivity contribution in [2.75, 3.05) is 23.3 Å². The number of aromatic amines is 1. The Morgan fingerprint density at radius 1 is 1.17 bits per heavy atom. The minimum Gasteiger partial charge on any atom is -0.341 e. The van der Waals surface area contributed by atoms with Crippen LogP contribution in [0.2, 0.25) is 0 Å². The third kappa shape index (κ3) is 4.02. The first-order valence-corrected chi connectivity index (χ1v) is 9.15. The number of pyridine rings is 1. The van der Waals surface area contributed by atoms with Gasteiger partial charge in [-0.1, -0.05) is 6.07 Å². The molecule has 0 amide bonds. The number of benzene rings is 1. The highest BCUT2D eigenvalue weighted by molar-refractivity contribution is 5.91. The maximum Gasteiger partial charge on any atom is 0.416 e. The molecular formula is C19H19F3N6O. The standard InChI is InChI=1S/C19H19F3N6O/c20-19(21,22)11-2-1-3-13(10-11)25-16-15-14(4-7-24-17(15)29)26-18(27-16)28-8-5-12(23)6-9-28/h1-4,7,10,12H,5-6,8-9,23H2,(H,24,29)(H,25,26,27). The number of alkyl halides is 3. The Morgan fingerprint density at radius 3 is 2.66 bits per heavy atom. The highest BCUT2D eigenvalue weighted by Crippen LogP contribution is 2.32. The minimum atomic E-state index is -4.47. The Bertz CT molecular complexity index is 1090. The molecule has 1 aliphatic rings. The third-order valence-electron chi connectivity index (χ3n) is 4.88. The lowest BCUT2D eigenvalue weighted by atomic mass is 10.1. The molecule has 4 N–H and O–H groups in total. The van der Waals surface area contributed by atoms with Crippen LogP contribution in [0.4, 0.5) is 30.6 Å². The Labute approximate surface area is 163 Å². The summed E-state index contributed by atoms with van der Waals surface area (Å²) in [5, 5.41) is 3.05. The van der Waals surface area contributed by atoms with Gasteiger partial charge < -0.3 is 20.9 Å². The van der Waals surface area contributed by atoms with E-state index in [-0.39, 0.29) is 22.9 Å². The zero-order valence-corrected chi connectivity index (χ0v) is 15.3. The molecule has 0 bridgehead atoms. The van der Waals surface area contributed by atoms with Gasteiger partial charge in [-0.05, 0) is 37.1 Å². The van der Waals surface area contributed by atoms with Crippen LogP contribution in [0.25, 0.3) is 10.9 Å². The number of fused-ring (bicyclic) bond motifs is 1. The van der Waals surface area contributed by atoms with E-state index in [1.54, 1.807) is 6.07 Å². The van der Waals surface area contributed by atoms with Crippen LogP contribution in [0, 0.1) is 0 Å². The number of nitrogens with one attached hydrogen (secondary N) is 2. The maximum absolute atomic E-state index is 13.0. The minimum absolute atomic E-state index is 0.122. The monoisotopic (exact) mass is 404 g/mol. The fourth-order valence-electron chi connectivity index (χ4n) is 3.32. The first-order valence-electron chi connectivity index (χ1n) is 9.15. The smallest absolute Gasteiger partial charge is 0.341 e. The van der Waals surface area contributed by atoms with E-state index in [1.165, 1.54) is 18.3 Å². The van der Waals surface area contributed by atoms with Crippen molar-refractivity contribution in [1.29, 1.82) is 0 Å². The van der Waals surface area contributed by atoms with Gasteiger partial charge in [-0.3, -0.25) is 4.79 Å². The Balaban J connectivity index is 1.77. The molecule has 29 heavy (non-hydrogen) atoms. The zero-order chi connectivity index (χ0) is 20.6. The lowest BCUT2D eigenvalue weighted by Crippen LogP contribution is -2.40. The summed E-state index contributed by atoms with van der Waals surface area (Å²) < 4.78 is 39.1. The molecule has 0 spiro atoms. The third-order valence-corrected chi connectivity index (χ3v) is 4.88. The van der Waals surface area contributed by atoms with Gasteiger partial charge in [0.2, 0.25) is 5.95 Å². The Kier molecular flexibility index (Phi) is 4.87. The average Bonchev–Trinajstić information content (AvgIpc) is 2.68. The van der Waals surface area contributed by atoms with E-state index in [1.807, 2.05) is 4.90 Å². The van der Waals surface area contributed by atoms with Crippen LogP contribution in [-0.2, 0) is 6.18 Å².